The molecule has 16 heteroatoms. The first-order chi connectivity index (χ1) is 20.7. The summed E-state index contributed by atoms with van der Waals surface area (Å²) in [6.45, 7) is 2.63. The number of alkyl halides is 3. The number of amides is 1. The molecule has 4 heterocycles. The number of halogens is 4. The lowest BCUT2D eigenvalue weighted by Crippen LogP contribution is -2.43. The van der Waals surface area contributed by atoms with Crippen LogP contribution in [0.15, 0.2) is 52.2 Å². The van der Waals surface area contributed by atoms with E-state index in [9.17, 15) is 27.0 Å². The standard InChI is InChI=1S/C28H27ClF3N7O4S/c1-15-23-22(27(43-15)9-11-34-12-10-27)25(41)39-26(36-24(37-39)16-3-6-18(7-4-16)44(2,33)42)38(23)14-21(40)35-20-8-5-17(13-19(20)29)28(30,31)32/h3-8,13,15,33-34H,9-12,14H2,1-2H3,(H,35,40). The van der Waals surface area contributed by atoms with Gasteiger partial charge in [-0.05, 0) is 75.3 Å². The number of ether oxygens (including phenoxy) is 1. The third-order valence-corrected chi connectivity index (χ3v) is 9.36. The highest BCUT2D eigenvalue weighted by molar-refractivity contribution is 7.91. The number of aromatic nitrogens is 4. The number of carbonyl (C=O) groups is 1. The van der Waals surface area contributed by atoms with Gasteiger partial charge in [-0.3, -0.25) is 9.59 Å². The number of fused-ring (bicyclic) bond motifs is 3. The van der Waals surface area contributed by atoms with E-state index in [4.69, 9.17) is 21.1 Å². The van der Waals surface area contributed by atoms with Crippen molar-refractivity contribution in [2.75, 3.05) is 24.7 Å². The van der Waals surface area contributed by atoms with Crippen molar-refractivity contribution in [2.45, 2.75) is 49.1 Å². The van der Waals surface area contributed by atoms with Gasteiger partial charge in [-0.15, -0.1) is 5.10 Å². The molecule has 2 unspecified atom stereocenters. The molecule has 0 radical (unpaired) electrons. The first-order valence-electron chi connectivity index (χ1n) is 13.6. The minimum Gasteiger partial charge on any atom is -0.361 e. The summed E-state index contributed by atoms with van der Waals surface area (Å²) in [6.07, 6.45) is -2.84. The van der Waals surface area contributed by atoms with Crippen LogP contribution in [0.25, 0.3) is 17.2 Å². The van der Waals surface area contributed by atoms with Gasteiger partial charge < -0.3 is 19.9 Å². The van der Waals surface area contributed by atoms with Crippen LogP contribution in [0, 0.1) is 4.78 Å². The van der Waals surface area contributed by atoms with Crippen molar-refractivity contribution < 1.29 is 26.9 Å². The van der Waals surface area contributed by atoms with Gasteiger partial charge in [-0.1, -0.05) is 11.6 Å². The predicted octanol–water partition coefficient (Wildman–Crippen LogP) is 4.57. The van der Waals surface area contributed by atoms with Gasteiger partial charge in [0.2, 0.25) is 11.7 Å². The number of rotatable bonds is 5. The molecule has 2 aromatic carbocycles. The van der Waals surface area contributed by atoms with E-state index in [0.717, 1.165) is 22.7 Å². The molecule has 1 amide bonds. The van der Waals surface area contributed by atoms with Crippen LogP contribution in [0.1, 0.15) is 42.7 Å². The van der Waals surface area contributed by atoms with Gasteiger partial charge in [0.15, 0.2) is 5.82 Å². The van der Waals surface area contributed by atoms with Crippen LogP contribution < -0.4 is 16.2 Å². The SMILES string of the molecule is CC1OC2(CCNCC2)c2c1n(CC(=O)Nc1ccc(C(F)(F)F)cc1Cl)c1nc(-c3ccc(S(C)(=N)=O)cc3)nn1c2=O. The quantitative estimate of drug-likeness (QED) is 0.287. The molecule has 1 spiro atoms. The topological polar surface area (TPSA) is 143 Å². The Hall–Kier alpha value is -3.79. The number of benzene rings is 2. The number of nitrogens with zero attached hydrogens (tertiary/aromatic N) is 4. The fourth-order valence-electron chi connectivity index (χ4n) is 5.84. The van der Waals surface area contributed by atoms with Crippen LogP contribution >= 0.6 is 11.6 Å². The van der Waals surface area contributed by atoms with Crippen LogP contribution in [0.4, 0.5) is 18.9 Å². The van der Waals surface area contributed by atoms with Crippen LogP contribution in [-0.4, -0.2) is 48.6 Å². The van der Waals surface area contributed by atoms with Crippen molar-refractivity contribution in [3.05, 3.63) is 74.7 Å². The third-order valence-electron chi connectivity index (χ3n) is 7.87. The molecule has 2 aromatic heterocycles. The van der Waals surface area contributed by atoms with E-state index >= 15 is 0 Å². The summed E-state index contributed by atoms with van der Waals surface area (Å²) < 4.78 is 68.4. The summed E-state index contributed by atoms with van der Waals surface area (Å²) >= 11 is 6.08. The summed E-state index contributed by atoms with van der Waals surface area (Å²) in [5.41, 5.74) is -0.952. The van der Waals surface area contributed by atoms with Gasteiger partial charge in [-0.2, -0.15) is 22.7 Å². The molecular weight excluding hydrogens is 623 g/mol. The molecule has 4 aromatic rings. The summed E-state index contributed by atoms with van der Waals surface area (Å²) in [5.74, 6) is -0.402. The number of hydrogen-bond acceptors (Lipinski definition) is 8. The molecule has 0 bridgehead atoms. The number of anilines is 1. The van der Waals surface area contributed by atoms with Gasteiger partial charge in [0.25, 0.3) is 5.56 Å². The number of piperidine rings is 1. The van der Waals surface area contributed by atoms with Gasteiger partial charge >= 0.3 is 6.18 Å². The molecular formula is C28H27ClF3N7O4S. The maximum absolute atomic E-state index is 14.0. The molecule has 2 aliphatic rings. The zero-order chi connectivity index (χ0) is 31.6. The summed E-state index contributed by atoms with van der Waals surface area (Å²) in [7, 11) is -2.95. The largest absolute Gasteiger partial charge is 0.416 e. The highest BCUT2D eigenvalue weighted by Crippen LogP contribution is 2.47. The van der Waals surface area contributed by atoms with Crippen LogP contribution in [0.5, 0.6) is 0 Å². The Labute approximate surface area is 254 Å². The first-order valence-corrected chi connectivity index (χ1v) is 16.0. The monoisotopic (exact) mass is 649 g/mol. The molecule has 11 nitrogen and oxygen atoms in total. The maximum Gasteiger partial charge on any atom is 0.416 e. The Morgan fingerprint density at radius 1 is 1.23 bits per heavy atom. The van der Waals surface area contributed by atoms with E-state index in [0.29, 0.717) is 47.6 Å². The molecule has 6 rings (SSSR count). The molecule has 1 fully saturated rings. The molecule has 1 saturated heterocycles. The zero-order valence-corrected chi connectivity index (χ0v) is 25.1. The van der Waals surface area contributed by atoms with E-state index in [1.165, 1.54) is 18.4 Å². The van der Waals surface area contributed by atoms with E-state index in [1.807, 2.05) is 0 Å². The summed E-state index contributed by atoms with van der Waals surface area (Å²) in [5, 5.41) is 10.0. The summed E-state index contributed by atoms with van der Waals surface area (Å²) in [6, 6.07) is 8.90. The Morgan fingerprint density at radius 2 is 1.91 bits per heavy atom. The van der Waals surface area contributed by atoms with Crippen molar-refractivity contribution in [2.24, 2.45) is 0 Å². The smallest absolute Gasteiger partial charge is 0.361 e. The van der Waals surface area contributed by atoms with Crippen molar-refractivity contribution in [1.82, 2.24) is 24.5 Å². The Balaban J connectivity index is 1.46. The highest BCUT2D eigenvalue weighted by Gasteiger charge is 2.49. The van der Waals surface area contributed by atoms with Gasteiger partial charge in [0.1, 0.15) is 12.1 Å². The fourth-order valence-corrected chi connectivity index (χ4v) is 6.73. The van der Waals surface area contributed by atoms with E-state index in [2.05, 4.69) is 20.7 Å². The van der Waals surface area contributed by atoms with Crippen molar-refractivity contribution in [3.8, 4) is 11.4 Å². The minimum atomic E-state index is -4.60. The fraction of sp³-hybridized carbons (Fsp3) is 0.357. The van der Waals surface area contributed by atoms with Crippen molar-refractivity contribution >= 4 is 38.7 Å². The lowest BCUT2D eigenvalue weighted by molar-refractivity contribution is -0.137. The first kappa shape index (κ1) is 30.2. The average Bonchev–Trinajstić information content (AvgIpc) is 3.52. The normalized spacial score (nSPS) is 19.2. The Bertz CT molecular complexity index is 1970. The second-order valence-electron chi connectivity index (χ2n) is 10.9. The molecule has 2 atom stereocenters. The molecule has 232 valence electrons. The maximum atomic E-state index is 14.0. The molecule has 2 aliphatic heterocycles. The second kappa shape index (κ2) is 10.7. The Kier molecular flexibility index (Phi) is 7.34. The Morgan fingerprint density at radius 3 is 2.52 bits per heavy atom. The van der Waals surface area contributed by atoms with Crippen LogP contribution in [0.3, 0.4) is 0 Å². The van der Waals surface area contributed by atoms with Gasteiger partial charge in [0.05, 0.1) is 43.4 Å². The van der Waals surface area contributed by atoms with Crippen molar-refractivity contribution in [1.29, 1.82) is 4.78 Å². The van der Waals surface area contributed by atoms with Crippen LogP contribution in [-0.2, 0) is 37.6 Å². The van der Waals surface area contributed by atoms with Crippen LogP contribution in [0.2, 0.25) is 5.02 Å². The highest BCUT2D eigenvalue weighted by atomic mass is 35.5. The zero-order valence-electron chi connectivity index (χ0n) is 23.5. The molecule has 0 aliphatic carbocycles. The third kappa shape index (κ3) is 5.27. The van der Waals surface area contributed by atoms with Gasteiger partial charge in [-0.25, -0.2) is 8.99 Å². The number of nitrogens with one attached hydrogen (secondary N) is 3. The second-order valence-corrected chi connectivity index (χ2v) is 13.5. The summed E-state index contributed by atoms with van der Waals surface area (Å²) in [4.78, 5) is 32.3. The molecule has 3 N–H and O–H groups in total. The van der Waals surface area contributed by atoms with E-state index < -0.39 is 44.6 Å². The number of carbonyl (C=O) groups excluding carboxylic acids is 1. The van der Waals surface area contributed by atoms with Crippen molar-refractivity contribution in [3.63, 3.8) is 0 Å². The lowest BCUT2D eigenvalue weighted by atomic mass is 9.86. The average molecular weight is 650 g/mol. The van der Waals surface area contributed by atoms with E-state index in [1.54, 1.807) is 23.6 Å². The lowest BCUT2D eigenvalue weighted by Gasteiger charge is -2.33. The number of hydrogen-bond donors (Lipinski definition) is 3. The van der Waals surface area contributed by atoms with Gasteiger partial charge in [0, 0.05) is 16.7 Å². The molecule has 44 heavy (non-hydrogen) atoms. The van der Waals surface area contributed by atoms with E-state index in [-0.39, 0.29) is 28.9 Å². The molecule has 0 saturated carbocycles. The predicted molar refractivity (Wildman–Crippen MR) is 156 cm³/mol. The minimum absolute atomic E-state index is 0.0124.